The van der Waals surface area contributed by atoms with Crippen molar-refractivity contribution in [3.63, 3.8) is 0 Å². The summed E-state index contributed by atoms with van der Waals surface area (Å²) in [4.78, 5) is 28.1. The Bertz CT molecular complexity index is 1320. The zero-order valence-corrected chi connectivity index (χ0v) is 23.1. The number of quaternary nitrogens is 1. The second-order valence-corrected chi connectivity index (χ2v) is 11.5. The summed E-state index contributed by atoms with van der Waals surface area (Å²) >= 11 is 1.09. The molecule has 1 saturated carbocycles. The highest BCUT2D eigenvalue weighted by atomic mass is 32.1. The number of amides is 1. The number of nitrogens with one attached hydrogen (secondary N) is 2. The van der Waals surface area contributed by atoms with Crippen molar-refractivity contribution in [1.82, 2.24) is 10.3 Å². The molecule has 2 aromatic carbocycles. The predicted molar refractivity (Wildman–Crippen MR) is 151 cm³/mol. The molecule has 1 amide bonds. The molecule has 0 spiro atoms. The van der Waals surface area contributed by atoms with Crippen molar-refractivity contribution in [2.75, 3.05) is 32.7 Å². The minimum absolute atomic E-state index is 0.0602. The lowest BCUT2D eigenvalue weighted by atomic mass is 9.99. The Morgan fingerprint density at radius 3 is 2.54 bits per heavy atom. The van der Waals surface area contributed by atoms with Gasteiger partial charge in [-0.05, 0) is 68.0 Å². The molecule has 1 heterocycles. The summed E-state index contributed by atoms with van der Waals surface area (Å²) in [5, 5.41) is 13.5. The van der Waals surface area contributed by atoms with Crippen LogP contribution in [0.2, 0.25) is 0 Å². The van der Waals surface area contributed by atoms with E-state index in [0.717, 1.165) is 66.2 Å². The lowest BCUT2D eigenvalue weighted by Gasteiger charge is -2.43. The van der Waals surface area contributed by atoms with Crippen molar-refractivity contribution >= 4 is 27.5 Å². The molecule has 1 aliphatic rings. The van der Waals surface area contributed by atoms with E-state index in [9.17, 15) is 23.5 Å². The molecule has 1 fully saturated rings. The monoisotopic (exact) mass is 561 g/mol. The summed E-state index contributed by atoms with van der Waals surface area (Å²) in [6.07, 6.45) is 7.83. The van der Waals surface area contributed by atoms with Gasteiger partial charge in [-0.2, -0.15) is 0 Å². The number of rotatable bonds is 12. The number of H-pyrrole nitrogens is 1. The van der Waals surface area contributed by atoms with E-state index in [1.807, 2.05) is 6.07 Å². The Labute approximate surface area is 231 Å². The SMILES string of the molecule is NCCC(=O)[N+](CCNCCc1ccc(O)c2[nH]c(=O)sc12)(CCc1ccc(F)c(F)c1)C1CCCCCC1. The summed E-state index contributed by atoms with van der Waals surface area (Å²) < 4.78 is 28.5. The number of carbonyl (C=O) groups excluding carboxylic acids is 1. The minimum atomic E-state index is -0.871. The third-order valence-corrected chi connectivity index (χ3v) is 9.02. The molecule has 1 aliphatic carbocycles. The fraction of sp³-hybridized carbons (Fsp3) is 0.517. The quantitative estimate of drug-likeness (QED) is 0.149. The van der Waals surface area contributed by atoms with E-state index in [1.54, 1.807) is 12.1 Å². The number of halogens is 2. The van der Waals surface area contributed by atoms with Crippen molar-refractivity contribution in [2.24, 2.45) is 5.73 Å². The Hall–Kier alpha value is -2.66. The highest BCUT2D eigenvalue weighted by molar-refractivity contribution is 7.16. The number of benzene rings is 2. The van der Waals surface area contributed by atoms with Crippen LogP contribution in [0.15, 0.2) is 35.1 Å². The van der Waals surface area contributed by atoms with Crippen molar-refractivity contribution in [3.8, 4) is 5.75 Å². The van der Waals surface area contributed by atoms with Gasteiger partial charge in [-0.15, -0.1) is 0 Å². The smallest absolute Gasteiger partial charge is 0.315 e. The van der Waals surface area contributed by atoms with Gasteiger partial charge >= 0.3 is 10.8 Å². The van der Waals surface area contributed by atoms with Gasteiger partial charge < -0.3 is 21.1 Å². The van der Waals surface area contributed by atoms with Gasteiger partial charge in [-0.25, -0.2) is 13.6 Å². The Morgan fingerprint density at radius 1 is 1.05 bits per heavy atom. The van der Waals surface area contributed by atoms with Crippen molar-refractivity contribution in [3.05, 3.63) is 62.8 Å². The molecule has 0 bridgehead atoms. The second-order valence-electron chi connectivity index (χ2n) is 10.5. The number of fused-ring (bicyclic) bond motifs is 1. The molecule has 1 aromatic heterocycles. The predicted octanol–water partition coefficient (Wildman–Crippen LogP) is 4.36. The molecule has 4 rings (SSSR count). The number of nitrogens with two attached hydrogens (primary N) is 1. The van der Waals surface area contributed by atoms with Crippen LogP contribution in [0.5, 0.6) is 5.75 Å². The van der Waals surface area contributed by atoms with Gasteiger partial charge in [-0.1, -0.05) is 36.3 Å². The van der Waals surface area contributed by atoms with Crippen LogP contribution in [0.25, 0.3) is 10.2 Å². The molecular weight excluding hydrogens is 522 g/mol. The maximum absolute atomic E-state index is 13.9. The number of phenolic OH excluding ortho intramolecular Hbond substituents is 1. The highest BCUT2D eigenvalue weighted by Gasteiger charge is 2.42. The lowest BCUT2D eigenvalue weighted by Crippen LogP contribution is -2.62. The molecule has 212 valence electrons. The Morgan fingerprint density at radius 2 is 1.82 bits per heavy atom. The Balaban J connectivity index is 1.49. The number of nitrogens with zero attached hydrogens (tertiary/aromatic N) is 1. The van der Waals surface area contributed by atoms with Crippen LogP contribution in [-0.4, -0.2) is 59.2 Å². The topological polar surface area (TPSA) is 108 Å². The number of hydrogen-bond acceptors (Lipinski definition) is 6. The molecule has 1 atom stereocenters. The number of thiazole rings is 1. The molecule has 0 saturated heterocycles. The molecule has 0 radical (unpaired) electrons. The molecule has 10 heteroatoms. The van der Waals surface area contributed by atoms with Crippen LogP contribution < -0.4 is 15.9 Å². The van der Waals surface area contributed by atoms with Crippen LogP contribution in [0.3, 0.4) is 0 Å². The zero-order valence-electron chi connectivity index (χ0n) is 22.3. The number of carbonyl (C=O) groups is 1. The van der Waals surface area contributed by atoms with Crippen LogP contribution in [0.1, 0.15) is 56.1 Å². The minimum Gasteiger partial charge on any atom is -0.506 e. The molecule has 1 unspecified atom stereocenters. The van der Waals surface area contributed by atoms with E-state index in [0.29, 0.717) is 54.6 Å². The van der Waals surface area contributed by atoms with E-state index in [2.05, 4.69) is 10.3 Å². The normalized spacial score (nSPS) is 16.3. The Kier molecular flexibility index (Phi) is 10.2. The summed E-state index contributed by atoms with van der Waals surface area (Å²) in [5.41, 5.74) is 7.97. The molecule has 3 aromatic rings. The number of aromatic hydroxyl groups is 1. The van der Waals surface area contributed by atoms with Gasteiger partial charge in [0.25, 0.3) is 0 Å². The fourth-order valence-electron chi connectivity index (χ4n) is 5.95. The maximum Gasteiger partial charge on any atom is 0.315 e. The molecule has 5 N–H and O–H groups in total. The van der Waals surface area contributed by atoms with E-state index in [1.165, 1.54) is 6.07 Å². The van der Waals surface area contributed by atoms with Gasteiger partial charge in [0, 0.05) is 19.5 Å². The zero-order chi connectivity index (χ0) is 27.8. The summed E-state index contributed by atoms with van der Waals surface area (Å²) in [6.45, 7) is 2.64. The van der Waals surface area contributed by atoms with Crippen molar-refractivity contribution in [1.29, 1.82) is 0 Å². The average molecular weight is 562 g/mol. The van der Waals surface area contributed by atoms with E-state index in [4.69, 9.17) is 5.73 Å². The third kappa shape index (κ3) is 7.11. The maximum atomic E-state index is 13.9. The average Bonchev–Trinajstić information content (AvgIpc) is 3.12. The van der Waals surface area contributed by atoms with Crippen molar-refractivity contribution < 1.29 is 23.2 Å². The van der Waals surface area contributed by atoms with Gasteiger partial charge in [-0.3, -0.25) is 9.28 Å². The fourth-order valence-corrected chi connectivity index (χ4v) is 6.85. The summed E-state index contributed by atoms with van der Waals surface area (Å²) in [5.74, 6) is -1.56. The van der Waals surface area contributed by atoms with Crippen LogP contribution in [-0.2, 0) is 17.6 Å². The van der Waals surface area contributed by atoms with Gasteiger partial charge in [0.05, 0.1) is 30.3 Å². The van der Waals surface area contributed by atoms with E-state index >= 15 is 0 Å². The second kappa shape index (κ2) is 13.6. The van der Waals surface area contributed by atoms with Gasteiger partial charge in [0.15, 0.2) is 11.6 Å². The number of phenols is 1. The first-order valence-electron chi connectivity index (χ1n) is 13.9. The molecule has 39 heavy (non-hydrogen) atoms. The molecular formula is C29H39F2N4O3S+. The first-order valence-corrected chi connectivity index (χ1v) is 14.7. The first-order chi connectivity index (χ1) is 18.8. The standard InChI is InChI=1S/C29H38F2N4O3S/c30-23-9-7-20(19-24(23)31)13-17-35(26(37)11-14-32,22-5-3-1-2-4-6-22)18-16-33-15-12-21-8-10-25(36)27-28(21)39-29(38)34-27/h7-10,19,22,33H,1-6,11-18,32H2,(H-,34,36,38)/p+1. The summed E-state index contributed by atoms with van der Waals surface area (Å²) in [7, 11) is 0. The number of hydrogen-bond donors (Lipinski definition) is 4. The van der Waals surface area contributed by atoms with Crippen LogP contribution in [0, 0.1) is 11.6 Å². The summed E-state index contributed by atoms with van der Waals surface area (Å²) in [6, 6.07) is 7.58. The van der Waals surface area contributed by atoms with Crippen LogP contribution in [0.4, 0.5) is 8.78 Å². The molecule has 7 nitrogen and oxygen atoms in total. The van der Waals surface area contributed by atoms with Gasteiger partial charge in [0.1, 0.15) is 11.3 Å². The van der Waals surface area contributed by atoms with Crippen LogP contribution >= 0.6 is 11.3 Å². The third-order valence-electron chi connectivity index (χ3n) is 8.06. The van der Waals surface area contributed by atoms with Crippen molar-refractivity contribution in [2.45, 2.75) is 63.8 Å². The largest absolute Gasteiger partial charge is 0.506 e. The lowest BCUT2D eigenvalue weighted by molar-refractivity contribution is -0.879. The highest BCUT2D eigenvalue weighted by Crippen LogP contribution is 2.30. The van der Waals surface area contributed by atoms with Gasteiger partial charge in [0.2, 0.25) is 0 Å². The first kappa shape index (κ1) is 29.3. The van der Waals surface area contributed by atoms with E-state index in [-0.39, 0.29) is 35.5 Å². The molecule has 0 aliphatic heterocycles. The number of aromatic amines is 1. The van der Waals surface area contributed by atoms with E-state index < -0.39 is 11.6 Å². The number of aromatic nitrogens is 1.